The molecule has 0 atom stereocenters. The third kappa shape index (κ3) is 17.8. The van der Waals surface area contributed by atoms with Gasteiger partial charge in [0, 0.05) is 0 Å². The molecule has 0 amide bonds. The summed E-state index contributed by atoms with van der Waals surface area (Å²) in [6.07, 6.45) is 5.31. The molecule has 0 aliphatic heterocycles. The van der Waals surface area contributed by atoms with Crippen LogP contribution in [0.25, 0.3) is 0 Å². The van der Waals surface area contributed by atoms with E-state index >= 15 is 0 Å². The minimum Gasteiger partial charge on any atom is -0.0776 e. The summed E-state index contributed by atoms with van der Waals surface area (Å²) in [6, 6.07) is 0. The van der Waals surface area contributed by atoms with E-state index in [-0.39, 0.29) is 7.43 Å². The Hall–Kier alpha value is 0. The molecule has 0 heteroatoms. The molecule has 0 rings (SSSR count). The van der Waals surface area contributed by atoms with Gasteiger partial charge >= 0.3 is 0 Å². The van der Waals surface area contributed by atoms with Crippen molar-refractivity contribution >= 4 is 0 Å². The van der Waals surface area contributed by atoms with Crippen LogP contribution in [0.2, 0.25) is 0 Å². The molecule has 0 bridgehead atoms. The first-order valence-electron chi connectivity index (χ1n) is 4.76. The molecule has 0 heterocycles. The molecule has 0 saturated carbocycles. The van der Waals surface area contributed by atoms with Gasteiger partial charge in [-0.25, -0.2) is 0 Å². The van der Waals surface area contributed by atoms with Gasteiger partial charge in [0.25, 0.3) is 0 Å². The summed E-state index contributed by atoms with van der Waals surface area (Å²) in [6.45, 7) is 11.0. The SMILES string of the molecule is C.CCC.CCC(CC)CC. The Morgan fingerprint density at radius 2 is 0.909 bits per heavy atom. The van der Waals surface area contributed by atoms with Crippen LogP contribution in [0.3, 0.4) is 0 Å². The molecule has 0 aromatic carbocycles. The van der Waals surface area contributed by atoms with Crippen molar-refractivity contribution in [2.24, 2.45) is 5.92 Å². The first-order chi connectivity index (χ1) is 4.76. The van der Waals surface area contributed by atoms with E-state index in [9.17, 15) is 0 Å². The summed E-state index contributed by atoms with van der Waals surface area (Å²) in [5.41, 5.74) is 0. The molecule has 0 aliphatic carbocycles. The average molecular weight is 160 g/mol. The van der Waals surface area contributed by atoms with Crippen LogP contribution in [0.5, 0.6) is 0 Å². The molecule has 0 aliphatic rings. The first kappa shape index (κ1) is 17.2. The second kappa shape index (κ2) is 16.5. The highest BCUT2D eigenvalue weighted by Crippen LogP contribution is 2.09. The highest BCUT2D eigenvalue weighted by Gasteiger charge is 1.95. The topological polar surface area (TPSA) is 0 Å². The Morgan fingerprint density at radius 3 is 0.909 bits per heavy atom. The van der Waals surface area contributed by atoms with E-state index in [1.807, 2.05) is 0 Å². The second-order valence-electron chi connectivity index (χ2n) is 2.80. The lowest BCUT2D eigenvalue weighted by molar-refractivity contribution is 0.477. The smallest absolute Gasteiger partial charge is 0.0422 e. The van der Waals surface area contributed by atoms with Crippen molar-refractivity contribution in [2.45, 2.75) is 67.7 Å². The van der Waals surface area contributed by atoms with Gasteiger partial charge in [-0.3, -0.25) is 0 Å². The summed E-state index contributed by atoms with van der Waals surface area (Å²) < 4.78 is 0. The lowest BCUT2D eigenvalue weighted by atomic mass is 10.0. The zero-order valence-corrected chi connectivity index (χ0v) is 8.41. The van der Waals surface area contributed by atoms with Crippen molar-refractivity contribution in [1.82, 2.24) is 0 Å². The van der Waals surface area contributed by atoms with Crippen molar-refractivity contribution in [2.75, 3.05) is 0 Å². The molecule has 0 aromatic rings. The highest BCUT2D eigenvalue weighted by atomic mass is 14.0. The quantitative estimate of drug-likeness (QED) is 0.551. The fourth-order valence-electron chi connectivity index (χ4n) is 0.866. The predicted octanol–water partition coefficient (Wildman–Crippen LogP) is 4.89. The molecule has 0 unspecified atom stereocenters. The van der Waals surface area contributed by atoms with E-state index in [0.29, 0.717) is 0 Å². The average Bonchev–Trinajstić information content (AvgIpc) is 1.93. The first-order valence-corrected chi connectivity index (χ1v) is 4.76. The zero-order valence-electron chi connectivity index (χ0n) is 8.41. The second-order valence-corrected chi connectivity index (χ2v) is 2.80. The standard InChI is InChI=1S/C7H16.C3H8.CH4/c1-4-7(5-2)6-3;1-3-2;/h7H,4-6H2,1-3H3;3H2,1-2H3;1H4. The van der Waals surface area contributed by atoms with Crippen LogP contribution in [0, 0.1) is 5.92 Å². The Balaban J connectivity index is -0.000000140. The summed E-state index contributed by atoms with van der Waals surface area (Å²) in [5, 5.41) is 0. The molecule has 0 aromatic heterocycles. The van der Waals surface area contributed by atoms with E-state index in [2.05, 4.69) is 34.6 Å². The van der Waals surface area contributed by atoms with E-state index < -0.39 is 0 Å². The van der Waals surface area contributed by atoms with Gasteiger partial charge in [-0.2, -0.15) is 0 Å². The number of hydrogen-bond donors (Lipinski definition) is 0. The minimum absolute atomic E-state index is 0. The molecule has 72 valence electrons. The Labute approximate surface area is 74.4 Å². The molecule has 0 nitrogen and oxygen atoms in total. The maximum Gasteiger partial charge on any atom is -0.0422 e. The Kier molecular flexibility index (Phi) is 25.8. The summed E-state index contributed by atoms with van der Waals surface area (Å²) in [7, 11) is 0. The van der Waals surface area contributed by atoms with Gasteiger partial charge in [0.15, 0.2) is 0 Å². The molecule has 0 fully saturated rings. The molecular weight excluding hydrogens is 132 g/mol. The minimum atomic E-state index is 0. The van der Waals surface area contributed by atoms with E-state index in [1.54, 1.807) is 0 Å². The number of hydrogen-bond acceptors (Lipinski definition) is 0. The maximum absolute atomic E-state index is 2.26. The normalized spacial score (nSPS) is 8.18. The van der Waals surface area contributed by atoms with Crippen LogP contribution >= 0.6 is 0 Å². The zero-order chi connectivity index (χ0) is 8.41. The van der Waals surface area contributed by atoms with Gasteiger partial charge in [-0.1, -0.05) is 67.7 Å². The highest BCUT2D eigenvalue weighted by molar-refractivity contribution is 4.48. The summed E-state index contributed by atoms with van der Waals surface area (Å²) >= 11 is 0. The molecular formula is C11H28. The van der Waals surface area contributed by atoms with Crippen molar-refractivity contribution in [3.05, 3.63) is 0 Å². The fourth-order valence-corrected chi connectivity index (χ4v) is 0.866. The monoisotopic (exact) mass is 160 g/mol. The van der Waals surface area contributed by atoms with Crippen molar-refractivity contribution in [3.63, 3.8) is 0 Å². The lowest BCUT2D eigenvalue weighted by Crippen LogP contribution is -1.91. The lowest BCUT2D eigenvalue weighted by Gasteiger charge is -2.05. The third-order valence-corrected chi connectivity index (χ3v) is 1.73. The molecule has 0 spiro atoms. The van der Waals surface area contributed by atoms with Crippen molar-refractivity contribution < 1.29 is 0 Å². The van der Waals surface area contributed by atoms with Gasteiger partial charge in [0.2, 0.25) is 0 Å². The van der Waals surface area contributed by atoms with Crippen LogP contribution < -0.4 is 0 Å². The van der Waals surface area contributed by atoms with Gasteiger partial charge in [-0.15, -0.1) is 0 Å². The molecule has 0 N–H and O–H groups in total. The van der Waals surface area contributed by atoms with E-state index in [0.717, 1.165) is 5.92 Å². The predicted molar refractivity (Wildman–Crippen MR) is 57.1 cm³/mol. The van der Waals surface area contributed by atoms with Gasteiger partial charge < -0.3 is 0 Å². The Morgan fingerprint density at radius 1 is 0.727 bits per heavy atom. The van der Waals surface area contributed by atoms with Crippen LogP contribution in [-0.4, -0.2) is 0 Å². The van der Waals surface area contributed by atoms with Crippen LogP contribution in [0.1, 0.15) is 67.7 Å². The van der Waals surface area contributed by atoms with Crippen LogP contribution in [-0.2, 0) is 0 Å². The van der Waals surface area contributed by atoms with Gasteiger partial charge in [0.05, 0.1) is 0 Å². The van der Waals surface area contributed by atoms with Gasteiger partial charge in [-0.05, 0) is 5.92 Å². The van der Waals surface area contributed by atoms with Crippen LogP contribution in [0.4, 0.5) is 0 Å². The molecule has 0 saturated heterocycles. The van der Waals surface area contributed by atoms with E-state index in [4.69, 9.17) is 0 Å². The molecule has 11 heavy (non-hydrogen) atoms. The van der Waals surface area contributed by atoms with Crippen molar-refractivity contribution in [1.29, 1.82) is 0 Å². The third-order valence-electron chi connectivity index (χ3n) is 1.73. The van der Waals surface area contributed by atoms with Crippen molar-refractivity contribution in [3.8, 4) is 0 Å². The summed E-state index contributed by atoms with van der Waals surface area (Å²) in [4.78, 5) is 0. The van der Waals surface area contributed by atoms with E-state index in [1.165, 1.54) is 25.7 Å². The Bertz CT molecular complexity index is 29.8. The van der Waals surface area contributed by atoms with Gasteiger partial charge in [0.1, 0.15) is 0 Å². The summed E-state index contributed by atoms with van der Waals surface area (Å²) in [5.74, 6) is 0.986. The maximum atomic E-state index is 2.26. The largest absolute Gasteiger partial charge is 0.0776 e. The fraction of sp³-hybridized carbons (Fsp3) is 1.00. The van der Waals surface area contributed by atoms with Crippen LogP contribution in [0.15, 0.2) is 0 Å². The molecule has 0 radical (unpaired) electrons. The number of rotatable bonds is 3.